The van der Waals surface area contributed by atoms with Crippen LogP contribution in [-0.2, 0) is 11.6 Å². The summed E-state index contributed by atoms with van der Waals surface area (Å²) >= 11 is 7.56. The van der Waals surface area contributed by atoms with Crippen LogP contribution in [0.5, 0.6) is 5.75 Å². The van der Waals surface area contributed by atoms with Crippen molar-refractivity contribution in [3.05, 3.63) is 52.8 Å². The number of hydrogen-bond donors (Lipinski definition) is 0. The summed E-state index contributed by atoms with van der Waals surface area (Å²) < 4.78 is 5.43. The molecule has 0 saturated heterocycles. The van der Waals surface area contributed by atoms with Gasteiger partial charge in [0.1, 0.15) is 5.75 Å². The summed E-state index contributed by atoms with van der Waals surface area (Å²) in [5.41, 5.74) is 4.41. The minimum absolute atomic E-state index is 0.556. The number of pyridine rings is 1. The molecule has 0 amide bonds. The van der Waals surface area contributed by atoms with Gasteiger partial charge in [0, 0.05) is 33.9 Å². The fourth-order valence-corrected chi connectivity index (χ4v) is 3.14. The summed E-state index contributed by atoms with van der Waals surface area (Å²) in [4.78, 5) is 5.74. The van der Waals surface area contributed by atoms with Gasteiger partial charge >= 0.3 is 0 Å². The number of hydrogen-bond acceptors (Lipinski definition) is 3. The Kier molecular flexibility index (Phi) is 5.32. The van der Waals surface area contributed by atoms with Gasteiger partial charge < -0.3 is 4.74 Å². The van der Waals surface area contributed by atoms with E-state index in [0.717, 1.165) is 33.9 Å². The van der Waals surface area contributed by atoms with E-state index in [2.05, 4.69) is 36.2 Å². The van der Waals surface area contributed by atoms with Crippen LogP contribution in [0.15, 0.2) is 35.4 Å². The Morgan fingerprint density at radius 1 is 1.20 bits per heavy atom. The number of rotatable bonds is 5. The Labute approximate surface area is 129 Å². The van der Waals surface area contributed by atoms with Gasteiger partial charge in [0.25, 0.3) is 0 Å². The Bertz CT molecular complexity index is 584. The highest BCUT2D eigenvalue weighted by molar-refractivity contribution is 7.98. The van der Waals surface area contributed by atoms with Crippen molar-refractivity contribution in [3.63, 3.8) is 0 Å². The Balaban J connectivity index is 2.10. The first-order valence-corrected chi connectivity index (χ1v) is 7.94. The molecule has 0 saturated carbocycles. The average molecular weight is 308 g/mol. The van der Waals surface area contributed by atoms with Gasteiger partial charge in [-0.3, -0.25) is 4.98 Å². The molecule has 2 aromatic rings. The zero-order chi connectivity index (χ0) is 14.5. The van der Waals surface area contributed by atoms with E-state index < -0.39 is 0 Å². The Hall–Kier alpha value is -1.19. The molecule has 2 rings (SSSR count). The molecule has 0 unspecified atom stereocenters. The molecule has 0 fully saturated rings. The number of nitrogens with zero attached hydrogens (tertiary/aromatic N) is 1. The summed E-state index contributed by atoms with van der Waals surface area (Å²) in [6.45, 7) is 4.08. The highest BCUT2D eigenvalue weighted by atomic mass is 35.5. The number of aromatic nitrogens is 1. The van der Waals surface area contributed by atoms with Gasteiger partial charge in [0.2, 0.25) is 0 Å². The molecule has 2 nitrogen and oxygen atoms in total. The fourth-order valence-electron chi connectivity index (χ4n) is 2.04. The number of methoxy groups -OCH3 is 1. The summed E-state index contributed by atoms with van der Waals surface area (Å²) in [6, 6.07) is 8.32. The SMILES string of the molecule is COc1c(C)cnc(CSc2ccc(CCl)cc2)c1C. The number of ether oxygens (including phenoxy) is 1. The number of alkyl halides is 1. The summed E-state index contributed by atoms with van der Waals surface area (Å²) in [5, 5.41) is 0. The second-order valence-corrected chi connectivity index (χ2v) is 5.93. The quantitative estimate of drug-likeness (QED) is 0.588. The first-order valence-electron chi connectivity index (χ1n) is 6.42. The maximum atomic E-state index is 5.79. The van der Waals surface area contributed by atoms with Crippen LogP contribution < -0.4 is 4.74 Å². The molecule has 0 aliphatic rings. The lowest BCUT2D eigenvalue weighted by Gasteiger charge is -2.12. The van der Waals surface area contributed by atoms with E-state index in [1.807, 2.05) is 13.1 Å². The highest BCUT2D eigenvalue weighted by Crippen LogP contribution is 2.29. The Morgan fingerprint density at radius 3 is 2.50 bits per heavy atom. The third kappa shape index (κ3) is 3.47. The van der Waals surface area contributed by atoms with Crippen molar-refractivity contribution in [1.82, 2.24) is 4.98 Å². The van der Waals surface area contributed by atoms with Crippen LogP contribution in [0.4, 0.5) is 0 Å². The molecule has 0 bridgehead atoms. The van der Waals surface area contributed by atoms with Crippen LogP contribution in [0.2, 0.25) is 0 Å². The van der Waals surface area contributed by atoms with Crippen molar-refractivity contribution >= 4 is 23.4 Å². The molecule has 0 N–H and O–H groups in total. The number of halogens is 1. The number of thioether (sulfide) groups is 1. The topological polar surface area (TPSA) is 22.1 Å². The van der Waals surface area contributed by atoms with E-state index in [9.17, 15) is 0 Å². The predicted octanol–water partition coefficient (Wildman–Crippen LogP) is 4.74. The van der Waals surface area contributed by atoms with E-state index in [-0.39, 0.29) is 0 Å². The first kappa shape index (κ1) is 15.2. The highest BCUT2D eigenvalue weighted by Gasteiger charge is 2.09. The van der Waals surface area contributed by atoms with Crippen molar-refractivity contribution < 1.29 is 4.74 Å². The summed E-state index contributed by atoms with van der Waals surface area (Å²) in [5.74, 6) is 2.33. The van der Waals surface area contributed by atoms with Gasteiger partial charge in [-0.25, -0.2) is 0 Å². The third-order valence-corrected chi connectivity index (χ3v) is 4.53. The van der Waals surface area contributed by atoms with Crippen LogP contribution in [0.25, 0.3) is 0 Å². The molecule has 1 aromatic heterocycles. The Morgan fingerprint density at radius 2 is 1.90 bits per heavy atom. The number of aryl methyl sites for hydroxylation is 1. The normalized spacial score (nSPS) is 10.6. The maximum Gasteiger partial charge on any atom is 0.128 e. The van der Waals surface area contributed by atoms with Crippen LogP contribution in [-0.4, -0.2) is 12.1 Å². The molecule has 20 heavy (non-hydrogen) atoms. The van der Waals surface area contributed by atoms with Crippen LogP contribution >= 0.6 is 23.4 Å². The van der Waals surface area contributed by atoms with E-state index in [4.69, 9.17) is 16.3 Å². The van der Waals surface area contributed by atoms with E-state index in [1.165, 1.54) is 4.90 Å². The molecular formula is C16H18ClNOS. The van der Waals surface area contributed by atoms with Crippen LogP contribution in [0, 0.1) is 13.8 Å². The molecule has 1 aromatic carbocycles. The minimum atomic E-state index is 0.556. The molecule has 106 valence electrons. The van der Waals surface area contributed by atoms with Gasteiger partial charge in [-0.05, 0) is 31.5 Å². The average Bonchev–Trinajstić information content (AvgIpc) is 2.47. The molecule has 0 atom stereocenters. The lowest BCUT2D eigenvalue weighted by atomic mass is 10.1. The minimum Gasteiger partial charge on any atom is -0.496 e. The number of benzene rings is 1. The van der Waals surface area contributed by atoms with E-state index >= 15 is 0 Å². The molecule has 4 heteroatoms. The molecule has 1 heterocycles. The zero-order valence-corrected chi connectivity index (χ0v) is 13.5. The smallest absolute Gasteiger partial charge is 0.128 e. The third-order valence-electron chi connectivity index (χ3n) is 3.20. The maximum absolute atomic E-state index is 5.79. The van der Waals surface area contributed by atoms with Gasteiger partial charge in [-0.1, -0.05) is 12.1 Å². The van der Waals surface area contributed by atoms with Gasteiger partial charge in [0.15, 0.2) is 0 Å². The van der Waals surface area contributed by atoms with Crippen molar-refractivity contribution in [3.8, 4) is 5.75 Å². The molecular weight excluding hydrogens is 290 g/mol. The van der Waals surface area contributed by atoms with Crippen LogP contribution in [0.3, 0.4) is 0 Å². The zero-order valence-electron chi connectivity index (χ0n) is 11.9. The van der Waals surface area contributed by atoms with Crippen molar-refractivity contribution in [2.24, 2.45) is 0 Å². The molecule has 0 spiro atoms. The van der Waals surface area contributed by atoms with Crippen LogP contribution in [0.1, 0.15) is 22.4 Å². The van der Waals surface area contributed by atoms with Gasteiger partial charge in [-0.2, -0.15) is 0 Å². The monoisotopic (exact) mass is 307 g/mol. The second kappa shape index (κ2) is 7.00. The van der Waals surface area contributed by atoms with E-state index in [1.54, 1.807) is 18.9 Å². The van der Waals surface area contributed by atoms with Crippen molar-refractivity contribution in [1.29, 1.82) is 0 Å². The molecule has 0 radical (unpaired) electrons. The van der Waals surface area contributed by atoms with Gasteiger partial charge in [0.05, 0.1) is 12.8 Å². The van der Waals surface area contributed by atoms with Gasteiger partial charge in [-0.15, -0.1) is 23.4 Å². The van der Waals surface area contributed by atoms with E-state index in [0.29, 0.717) is 5.88 Å². The van der Waals surface area contributed by atoms with Crippen molar-refractivity contribution in [2.75, 3.05) is 7.11 Å². The van der Waals surface area contributed by atoms with Crippen molar-refractivity contribution in [2.45, 2.75) is 30.4 Å². The standard InChI is InChI=1S/C16H18ClNOS/c1-11-9-18-15(12(2)16(11)19-3)10-20-14-6-4-13(8-17)5-7-14/h4-7,9H,8,10H2,1-3H3. The summed E-state index contributed by atoms with van der Waals surface area (Å²) in [6.07, 6.45) is 1.87. The fraction of sp³-hybridized carbons (Fsp3) is 0.312. The predicted molar refractivity (Wildman–Crippen MR) is 85.8 cm³/mol. The molecule has 0 aliphatic carbocycles. The summed E-state index contributed by atoms with van der Waals surface area (Å²) in [7, 11) is 1.71. The largest absolute Gasteiger partial charge is 0.496 e. The molecule has 0 aliphatic heterocycles. The lowest BCUT2D eigenvalue weighted by molar-refractivity contribution is 0.407. The first-order chi connectivity index (χ1) is 9.65. The lowest BCUT2D eigenvalue weighted by Crippen LogP contribution is -1.98. The second-order valence-electron chi connectivity index (χ2n) is 4.61.